The van der Waals surface area contributed by atoms with Gasteiger partial charge in [-0.1, -0.05) is 23.4 Å². The summed E-state index contributed by atoms with van der Waals surface area (Å²) in [6, 6.07) is 14.9. The molecule has 27 heavy (non-hydrogen) atoms. The number of anilines is 1. The number of nitrogens with one attached hydrogen (secondary N) is 2. The van der Waals surface area contributed by atoms with Crippen LogP contribution in [-0.2, 0) is 16.4 Å². The molecular formula is C19H18N4O3S. The molecule has 0 aliphatic carbocycles. The third-order valence-corrected chi connectivity index (χ3v) is 5.59. The van der Waals surface area contributed by atoms with E-state index in [0.29, 0.717) is 23.8 Å². The number of fused-ring (bicyclic) bond motifs is 1. The molecule has 0 atom stereocenters. The van der Waals surface area contributed by atoms with Gasteiger partial charge in [0.1, 0.15) is 0 Å². The molecule has 0 spiro atoms. The van der Waals surface area contributed by atoms with Gasteiger partial charge in [-0.2, -0.15) is 4.98 Å². The highest BCUT2D eigenvalue weighted by Gasteiger charge is 2.12. The minimum atomic E-state index is -3.30. The summed E-state index contributed by atoms with van der Waals surface area (Å²) in [5.74, 6) is 1.01. The smallest absolute Gasteiger partial charge is 0.232 e. The molecule has 4 rings (SSSR count). The number of hydrogen-bond acceptors (Lipinski definition) is 5. The van der Waals surface area contributed by atoms with Gasteiger partial charge in [-0.25, -0.2) is 8.42 Å². The molecule has 0 bridgehead atoms. The number of nitrogens with zero attached hydrogens (tertiary/aromatic N) is 2. The molecule has 0 amide bonds. The van der Waals surface area contributed by atoms with Gasteiger partial charge < -0.3 is 9.51 Å². The number of benzene rings is 2. The van der Waals surface area contributed by atoms with E-state index in [4.69, 9.17) is 4.52 Å². The lowest BCUT2D eigenvalue weighted by Crippen LogP contribution is -2.14. The third kappa shape index (κ3) is 3.70. The molecule has 8 heteroatoms. The Kier molecular flexibility index (Phi) is 4.41. The number of rotatable bonds is 6. The fourth-order valence-electron chi connectivity index (χ4n) is 2.82. The second-order valence-corrected chi connectivity index (χ2v) is 8.14. The molecule has 0 saturated carbocycles. The van der Waals surface area contributed by atoms with Crippen LogP contribution in [0.3, 0.4) is 0 Å². The Morgan fingerprint density at radius 3 is 2.67 bits per heavy atom. The maximum absolute atomic E-state index is 11.6. The number of H-pyrrole nitrogens is 1. The summed E-state index contributed by atoms with van der Waals surface area (Å²) in [5.41, 5.74) is 3.41. The van der Waals surface area contributed by atoms with Gasteiger partial charge in [0.15, 0.2) is 0 Å². The Labute approximate surface area is 156 Å². The van der Waals surface area contributed by atoms with Crippen molar-refractivity contribution in [1.29, 1.82) is 0 Å². The second-order valence-electron chi connectivity index (χ2n) is 6.13. The number of hydrogen-bond donors (Lipinski definition) is 2. The number of aromatic nitrogens is 3. The molecule has 0 saturated heterocycles. The number of para-hydroxylation sites is 1. The number of aromatic amines is 1. The fraction of sp³-hybridized carbons (Fsp3) is 0.158. The lowest BCUT2D eigenvalue weighted by molar-refractivity contribution is 0.386. The van der Waals surface area contributed by atoms with Gasteiger partial charge in [0.2, 0.25) is 21.7 Å². The summed E-state index contributed by atoms with van der Waals surface area (Å²) < 4.78 is 31.1. The molecule has 2 N–H and O–H groups in total. The van der Waals surface area contributed by atoms with Gasteiger partial charge in [0.25, 0.3) is 0 Å². The maximum Gasteiger partial charge on any atom is 0.232 e. The lowest BCUT2D eigenvalue weighted by Gasteiger charge is -2.05. The highest BCUT2D eigenvalue weighted by atomic mass is 32.2. The quantitative estimate of drug-likeness (QED) is 0.531. The van der Waals surface area contributed by atoms with Crippen LogP contribution in [0.4, 0.5) is 5.69 Å². The Morgan fingerprint density at radius 1 is 1.11 bits per heavy atom. The average Bonchev–Trinajstić information content (AvgIpc) is 3.30. The van der Waals surface area contributed by atoms with Gasteiger partial charge in [-0.15, -0.1) is 0 Å². The van der Waals surface area contributed by atoms with Crippen LogP contribution in [0.25, 0.3) is 22.3 Å². The Balaban J connectivity index is 1.52. The summed E-state index contributed by atoms with van der Waals surface area (Å²) >= 11 is 0. The predicted molar refractivity (Wildman–Crippen MR) is 104 cm³/mol. The van der Waals surface area contributed by atoms with Crippen LogP contribution >= 0.6 is 0 Å². The first-order valence-electron chi connectivity index (χ1n) is 8.52. The summed E-state index contributed by atoms with van der Waals surface area (Å²) in [5, 5.41) is 5.16. The molecule has 0 radical (unpaired) electrons. The van der Waals surface area contributed by atoms with Crippen molar-refractivity contribution < 1.29 is 12.9 Å². The van der Waals surface area contributed by atoms with Gasteiger partial charge >= 0.3 is 0 Å². The Hall–Kier alpha value is -3.13. The van der Waals surface area contributed by atoms with Gasteiger partial charge in [-0.05, 0) is 42.8 Å². The average molecular weight is 382 g/mol. The van der Waals surface area contributed by atoms with Crippen LogP contribution in [-0.4, -0.2) is 29.3 Å². The Bertz CT molecular complexity index is 1180. The molecule has 2 aromatic carbocycles. The lowest BCUT2D eigenvalue weighted by atomic mass is 10.1. The summed E-state index contributed by atoms with van der Waals surface area (Å²) in [7, 11) is -3.30. The second kappa shape index (κ2) is 6.88. The molecule has 138 valence electrons. The maximum atomic E-state index is 11.6. The van der Waals surface area contributed by atoms with E-state index in [1.165, 1.54) is 0 Å². The van der Waals surface area contributed by atoms with Crippen molar-refractivity contribution in [3.63, 3.8) is 0 Å². The molecular weight excluding hydrogens is 364 g/mol. The van der Waals surface area contributed by atoms with Crippen molar-refractivity contribution in [2.45, 2.75) is 13.3 Å². The molecule has 0 aliphatic heterocycles. The highest BCUT2D eigenvalue weighted by Crippen LogP contribution is 2.23. The Morgan fingerprint density at radius 2 is 1.89 bits per heavy atom. The van der Waals surface area contributed by atoms with Gasteiger partial charge in [0.05, 0.1) is 12.2 Å². The molecule has 4 aromatic rings. The van der Waals surface area contributed by atoms with E-state index in [9.17, 15) is 8.42 Å². The van der Waals surface area contributed by atoms with Crippen molar-refractivity contribution in [3.05, 3.63) is 66.2 Å². The normalized spacial score (nSPS) is 11.7. The summed E-state index contributed by atoms with van der Waals surface area (Å²) in [6.07, 6.45) is 2.48. The molecule has 7 nitrogen and oxygen atoms in total. The highest BCUT2D eigenvalue weighted by molar-refractivity contribution is 7.92. The first-order valence-corrected chi connectivity index (χ1v) is 10.2. The van der Waals surface area contributed by atoms with Crippen molar-refractivity contribution in [3.8, 4) is 11.4 Å². The number of sulfonamides is 1. The zero-order chi connectivity index (χ0) is 18.9. The van der Waals surface area contributed by atoms with Crippen LogP contribution in [0.5, 0.6) is 0 Å². The minimum absolute atomic E-state index is 0.0246. The SMILES string of the molecule is CCS(=O)(=O)Nc1ccc(-c2noc(Cc3c[nH]c4ccccc34)n2)cc1. The molecule has 2 heterocycles. The van der Waals surface area contributed by atoms with E-state index in [1.807, 2.05) is 24.4 Å². The topological polar surface area (TPSA) is 101 Å². The van der Waals surface area contributed by atoms with Gasteiger partial charge in [-0.3, -0.25) is 4.72 Å². The van der Waals surface area contributed by atoms with Crippen molar-refractivity contribution in [1.82, 2.24) is 15.1 Å². The predicted octanol–water partition coefficient (Wildman–Crippen LogP) is 3.57. The summed E-state index contributed by atoms with van der Waals surface area (Å²) in [6.45, 7) is 1.59. The summed E-state index contributed by atoms with van der Waals surface area (Å²) in [4.78, 5) is 7.68. The van der Waals surface area contributed by atoms with Crippen LogP contribution in [0.1, 0.15) is 18.4 Å². The molecule has 0 fully saturated rings. The minimum Gasteiger partial charge on any atom is -0.361 e. The fourth-order valence-corrected chi connectivity index (χ4v) is 3.46. The van der Waals surface area contributed by atoms with Crippen LogP contribution in [0, 0.1) is 0 Å². The zero-order valence-electron chi connectivity index (χ0n) is 14.6. The van der Waals surface area contributed by atoms with Crippen LogP contribution < -0.4 is 4.72 Å². The van der Waals surface area contributed by atoms with Crippen LogP contribution in [0.2, 0.25) is 0 Å². The third-order valence-electron chi connectivity index (χ3n) is 4.28. The van der Waals surface area contributed by atoms with Crippen molar-refractivity contribution in [2.24, 2.45) is 0 Å². The standard InChI is InChI=1S/C19H18N4O3S/c1-2-27(24,25)23-15-9-7-13(8-10-15)19-21-18(26-22-19)11-14-12-20-17-6-4-3-5-16(14)17/h3-10,12,20,23H,2,11H2,1H3. The zero-order valence-corrected chi connectivity index (χ0v) is 15.5. The molecule has 2 aromatic heterocycles. The van der Waals surface area contributed by atoms with E-state index in [-0.39, 0.29) is 5.75 Å². The van der Waals surface area contributed by atoms with E-state index >= 15 is 0 Å². The van der Waals surface area contributed by atoms with Gasteiger partial charge in [0, 0.05) is 28.4 Å². The first-order chi connectivity index (χ1) is 13.0. The molecule has 0 unspecified atom stereocenters. The van der Waals surface area contributed by atoms with Crippen molar-refractivity contribution >= 4 is 26.6 Å². The van der Waals surface area contributed by atoms with E-state index in [1.54, 1.807) is 31.2 Å². The van der Waals surface area contributed by atoms with E-state index in [2.05, 4.69) is 25.9 Å². The monoisotopic (exact) mass is 382 g/mol. The van der Waals surface area contributed by atoms with E-state index < -0.39 is 10.0 Å². The van der Waals surface area contributed by atoms with E-state index in [0.717, 1.165) is 22.0 Å². The first kappa shape index (κ1) is 17.3. The van der Waals surface area contributed by atoms with Crippen molar-refractivity contribution in [2.75, 3.05) is 10.5 Å². The van der Waals surface area contributed by atoms with Crippen LogP contribution in [0.15, 0.2) is 59.3 Å². The molecule has 0 aliphatic rings. The largest absolute Gasteiger partial charge is 0.361 e.